The molecule has 1 aromatic rings. The molecule has 0 unspecified atom stereocenters. The summed E-state index contributed by atoms with van der Waals surface area (Å²) in [6.45, 7) is 0.973. The second-order valence-electron chi connectivity index (χ2n) is 3.33. The number of carbonyl (C=O) groups is 2. The van der Waals surface area contributed by atoms with Gasteiger partial charge in [0.15, 0.2) is 5.78 Å². The van der Waals surface area contributed by atoms with Gasteiger partial charge in [-0.1, -0.05) is 30.3 Å². The third-order valence-corrected chi connectivity index (χ3v) is 2.28. The van der Waals surface area contributed by atoms with Crippen LogP contribution in [0.25, 0.3) is 0 Å². The van der Waals surface area contributed by atoms with Gasteiger partial charge in [0.25, 0.3) is 0 Å². The Balaban J connectivity index is 2.01. The Morgan fingerprint density at radius 3 is 2.67 bits per heavy atom. The molecule has 2 rings (SSSR count). The molecule has 0 aromatic heterocycles. The van der Waals surface area contributed by atoms with Crippen LogP contribution in [0.4, 0.5) is 4.79 Å². The molecule has 15 heavy (non-hydrogen) atoms. The van der Waals surface area contributed by atoms with Gasteiger partial charge in [-0.25, -0.2) is 4.79 Å². The van der Waals surface area contributed by atoms with E-state index in [2.05, 4.69) is 0 Å². The van der Waals surface area contributed by atoms with Crippen LogP contribution in [0, 0.1) is 0 Å². The Morgan fingerprint density at radius 1 is 1.33 bits per heavy atom. The van der Waals surface area contributed by atoms with Gasteiger partial charge in [-0.3, -0.25) is 9.69 Å². The number of carbonyl (C=O) groups excluding carboxylic acids is 2. The van der Waals surface area contributed by atoms with Crippen LogP contribution in [0.15, 0.2) is 30.3 Å². The van der Waals surface area contributed by atoms with E-state index in [1.807, 2.05) is 6.07 Å². The Labute approximate surface area is 87.4 Å². The van der Waals surface area contributed by atoms with Crippen molar-refractivity contribution in [2.24, 2.45) is 0 Å². The highest BCUT2D eigenvalue weighted by Crippen LogP contribution is 2.06. The molecular weight excluding hydrogens is 194 g/mol. The average molecular weight is 205 g/mol. The summed E-state index contributed by atoms with van der Waals surface area (Å²) in [7, 11) is 0. The number of hydrogen-bond acceptors (Lipinski definition) is 3. The number of cyclic esters (lactones) is 1. The molecule has 0 N–H and O–H groups in total. The van der Waals surface area contributed by atoms with E-state index in [9.17, 15) is 9.59 Å². The smallest absolute Gasteiger partial charge is 0.410 e. The lowest BCUT2D eigenvalue weighted by molar-refractivity contribution is 0.0943. The number of amides is 1. The second-order valence-corrected chi connectivity index (χ2v) is 3.33. The number of nitrogens with zero attached hydrogens (tertiary/aromatic N) is 1. The fraction of sp³-hybridized carbons (Fsp3) is 0.273. The zero-order chi connectivity index (χ0) is 10.7. The predicted octanol–water partition coefficient (Wildman–Crippen LogP) is 1.32. The van der Waals surface area contributed by atoms with Crippen molar-refractivity contribution in [1.82, 2.24) is 4.90 Å². The van der Waals surface area contributed by atoms with Crippen molar-refractivity contribution in [2.75, 3.05) is 19.7 Å². The Morgan fingerprint density at radius 2 is 2.07 bits per heavy atom. The van der Waals surface area contributed by atoms with E-state index in [-0.39, 0.29) is 12.3 Å². The van der Waals surface area contributed by atoms with Crippen molar-refractivity contribution in [3.05, 3.63) is 35.9 Å². The standard InChI is InChI=1S/C11H11NO3/c13-10(9-4-2-1-3-5-9)8-12-6-7-15-11(12)14/h1-5H,6-8H2. The van der Waals surface area contributed by atoms with Gasteiger partial charge in [0.2, 0.25) is 0 Å². The highest BCUT2D eigenvalue weighted by Gasteiger charge is 2.24. The van der Waals surface area contributed by atoms with Crippen LogP contribution in [0.1, 0.15) is 10.4 Å². The normalized spacial score (nSPS) is 15.2. The highest BCUT2D eigenvalue weighted by atomic mass is 16.6. The van der Waals surface area contributed by atoms with Crippen molar-refractivity contribution >= 4 is 11.9 Å². The second kappa shape index (κ2) is 4.13. The van der Waals surface area contributed by atoms with Crippen LogP contribution >= 0.6 is 0 Å². The average Bonchev–Trinajstić information content (AvgIpc) is 2.66. The molecule has 0 bridgehead atoms. The summed E-state index contributed by atoms with van der Waals surface area (Å²) in [6.07, 6.45) is -0.403. The van der Waals surface area contributed by atoms with E-state index in [0.29, 0.717) is 18.7 Å². The maximum absolute atomic E-state index is 11.7. The summed E-state index contributed by atoms with van der Waals surface area (Å²) >= 11 is 0. The number of ether oxygens (including phenoxy) is 1. The topological polar surface area (TPSA) is 46.6 Å². The molecule has 4 heteroatoms. The molecule has 0 saturated carbocycles. The van der Waals surface area contributed by atoms with Crippen LogP contribution in [-0.4, -0.2) is 36.5 Å². The summed E-state index contributed by atoms with van der Waals surface area (Å²) in [4.78, 5) is 24.2. The number of rotatable bonds is 3. The van der Waals surface area contributed by atoms with Crippen LogP contribution in [0.2, 0.25) is 0 Å². The van der Waals surface area contributed by atoms with Gasteiger partial charge in [0.05, 0.1) is 13.1 Å². The van der Waals surface area contributed by atoms with Gasteiger partial charge in [0, 0.05) is 5.56 Å². The highest BCUT2D eigenvalue weighted by molar-refractivity contribution is 5.98. The van der Waals surface area contributed by atoms with Gasteiger partial charge < -0.3 is 4.74 Å². The molecule has 4 nitrogen and oxygen atoms in total. The molecule has 1 aromatic carbocycles. The molecule has 1 aliphatic heterocycles. The molecule has 78 valence electrons. The first-order valence-corrected chi connectivity index (χ1v) is 4.77. The molecule has 1 aliphatic rings. The monoisotopic (exact) mass is 205 g/mol. The Kier molecular flexibility index (Phi) is 2.67. The quantitative estimate of drug-likeness (QED) is 0.699. The zero-order valence-electron chi connectivity index (χ0n) is 8.18. The molecule has 1 saturated heterocycles. The number of ketones is 1. The third-order valence-electron chi connectivity index (χ3n) is 2.28. The summed E-state index contributed by atoms with van der Waals surface area (Å²) in [5.41, 5.74) is 0.622. The third kappa shape index (κ3) is 2.15. The fourth-order valence-electron chi connectivity index (χ4n) is 1.46. The van der Waals surface area contributed by atoms with E-state index in [4.69, 9.17) is 4.74 Å². The molecule has 1 heterocycles. The summed E-state index contributed by atoms with van der Waals surface area (Å²) < 4.78 is 4.74. The molecule has 0 atom stereocenters. The minimum absolute atomic E-state index is 0.0607. The largest absolute Gasteiger partial charge is 0.448 e. The van der Waals surface area contributed by atoms with Crippen molar-refractivity contribution in [3.8, 4) is 0 Å². The molecular formula is C11H11NO3. The summed E-state index contributed by atoms with van der Waals surface area (Å²) in [6, 6.07) is 8.93. The molecule has 0 radical (unpaired) electrons. The maximum atomic E-state index is 11.7. The lowest BCUT2D eigenvalue weighted by Gasteiger charge is -2.10. The Hall–Kier alpha value is -1.84. The van der Waals surface area contributed by atoms with Gasteiger partial charge >= 0.3 is 6.09 Å². The summed E-state index contributed by atoms with van der Waals surface area (Å²) in [5.74, 6) is -0.0607. The van der Waals surface area contributed by atoms with Gasteiger partial charge in [0.1, 0.15) is 6.61 Å². The fourth-order valence-corrected chi connectivity index (χ4v) is 1.46. The lowest BCUT2D eigenvalue weighted by Crippen LogP contribution is -2.30. The van der Waals surface area contributed by atoms with E-state index >= 15 is 0 Å². The number of benzene rings is 1. The van der Waals surface area contributed by atoms with Gasteiger partial charge in [-0.05, 0) is 0 Å². The first kappa shape index (κ1) is 9.71. The first-order chi connectivity index (χ1) is 7.27. The first-order valence-electron chi connectivity index (χ1n) is 4.77. The van der Waals surface area contributed by atoms with E-state index in [1.54, 1.807) is 24.3 Å². The lowest BCUT2D eigenvalue weighted by atomic mass is 10.1. The maximum Gasteiger partial charge on any atom is 0.410 e. The molecule has 1 fully saturated rings. The van der Waals surface area contributed by atoms with E-state index in [0.717, 1.165) is 0 Å². The van der Waals surface area contributed by atoms with E-state index in [1.165, 1.54) is 4.90 Å². The predicted molar refractivity (Wildman–Crippen MR) is 53.7 cm³/mol. The van der Waals surface area contributed by atoms with E-state index < -0.39 is 6.09 Å². The van der Waals surface area contributed by atoms with Crippen molar-refractivity contribution < 1.29 is 14.3 Å². The van der Waals surface area contributed by atoms with Crippen molar-refractivity contribution in [2.45, 2.75) is 0 Å². The van der Waals surface area contributed by atoms with Gasteiger partial charge in [-0.2, -0.15) is 0 Å². The van der Waals surface area contributed by atoms with Crippen molar-refractivity contribution in [3.63, 3.8) is 0 Å². The molecule has 0 aliphatic carbocycles. The Bertz CT molecular complexity index is 375. The minimum atomic E-state index is -0.403. The number of Topliss-reactive ketones (excluding diaryl/α,β-unsaturated/α-hetero) is 1. The SMILES string of the molecule is O=C(CN1CCOC1=O)c1ccccc1. The molecule has 1 amide bonds. The van der Waals surface area contributed by atoms with Crippen molar-refractivity contribution in [1.29, 1.82) is 0 Å². The minimum Gasteiger partial charge on any atom is -0.448 e. The van der Waals surface area contributed by atoms with Gasteiger partial charge in [-0.15, -0.1) is 0 Å². The zero-order valence-corrected chi connectivity index (χ0v) is 8.18. The van der Waals surface area contributed by atoms with Crippen LogP contribution < -0.4 is 0 Å². The molecule has 0 spiro atoms. The van der Waals surface area contributed by atoms with Crippen LogP contribution in [0.3, 0.4) is 0 Å². The number of hydrogen-bond donors (Lipinski definition) is 0. The summed E-state index contributed by atoms with van der Waals surface area (Å²) in [5, 5.41) is 0. The van der Waals surface area contributed by atoms with Crippen LogP contribution in [0.5, 0.6) is 0 Å². The van der Waals surface area contributed by atoms with Crippen LogP contribution in [-0.2, 0) is 4.74 Å².